The van der Waals surface area contributed by atoms with Crippen LogP contribution in [0.3, 0.4) is 0 Å². The number of aromatic nitrogens is 2. The summed E-state index contributed by atoms with van der Waals surface area (Å²) >= 11 is 12.4. The molecule has 2 fully saturated rings. The van der Waals surface area contributed by atoms with Crippen LogP contribution in [-0.2, 0) is 6.61 Å². The fourth-order valence-corrected chi connectivity index (χ4v) is 4.95. The number of aliphatic hydroxyl groups is 1. The number of hydrogen-bond acceptors (Lipinski definition) is 5. The lowest BCUT2D eigenvalue weighted by atomic mass is 9.74. The van der Waals surface area contributed by atoms with Crippen molar-refractivity contribution in [2.24, 2.45) is 11.1 Å². The number of benzene rings is 1. The minimum Gasteiger partial charge on any atom is -0.390 e. The summed E-state index contributed by atoms with van der Waals surface area (Å²) in [7, 11) is 0. The van der Waals surface area contributed by atoms with Gasteiger partial charge in [-0.3, -0.25) is 4.98 Å². The number of nitrogens with two attached hydrogens (primary N) is 1. The van der Waals surface area contributed by atoms with E-state index in [1.54, 1.807) is 12.3 Å². The van der Waals surface area contributed by atoms with Gasteiger partial charge in [-0.1, -0.05) is 41.8 Å². The average molecular weight is 407 g/mol. The Morgan fingerprint density at radius 3 is 2.67 bits per heavy atom. The summed E-state index contributed by atoms with van der Waals surface area (Å²) in [6.45, 7) is 1.64. The molecule has 1 aliphatic carbocycles. The number of piperidine rings is 1. The number of hydrogen-bond donors (Lipinski definition) is 2. The van der Waals surface area contributed by atoms with E-state index >= 15 is 0 Å². The normalized spacial score (nSPS) is 21.8. The van der Waals surface area contributed by atoms with Gasteiger partial charge in [-0.05, 0) is 37.2 Å². The van der Waals surface area contributed by atoms with E-state index in [4.69, 9.17) is 28.9 Å². The van der Waals surface area contributed by atoms with E-state index in [9.17, 15) is 5.11 Å². The van der Waals surface area contributed by atoms with Crippen LogP contribution in [0.4, 0.5) is 5.82 Å². The summed E-state index contributed by atoms with van der Waals surface area (Å²) in [5.41, 5.74) is 8.45. The lowest BCUT2D eigenvalue weighted by Gasteiger charge is -2.42. The van der Waals surface area contributed by atoms with E-state index in [2.05, 4.69) is 14.9 Å². The molecule has 1 saturated carbocycles. The first-order valence-corrected chi connectivity index (χ1v) is 10.2. The topological polar surface area (TPSA) is 75.3 Å². The van der Waals surface area contributed by atoms with Gasteiger partial charge in [-0.15, -0.1) is 0 Å². The zero-order chi connectivity index (χ0) is 19.0. The molecular weight excluding hydrogens is 383 g/mol. The number of anilines is 1. The second kappa shape index (κ2) is 7.55. The second-order valence-corrected chi connectivity index (χ2v) is 8.42. The van der Waals surface area contributed by atoms with E-state index in [-0.39, 0.29) is 6.61 Å². The van der Waals surface area contributed by atoms with Crippen molar-refractivity contribution in [2.75, 3.05) is 18.0 Å². The lowest BCUT2D eigenvalue weighted by Crippen LogP contribution is -2.47. The monoisotopic (exact) mass is 406 g/mol. The Morgan fingerprint density at radius 1 is 1.22 bits per heavy atom. The predicted molar refractivity (Wildman–Crippen MR) is 109 cm³/mol. The molecule has 2 aliphatic rings. The minimum absolute atomic E-state index is 0.207. The molecule has 2 aromatic rings. The molecule has 7 heteroatoms. The van der Waals surface area contributed by atoms with Gasteiger partial charge in [-0.25, -0.2) is 4.98 Å². The smallest absolute Gasteiger partial charge is 0.147 e. The molecule has 4 rings (SSSR count). The molecule has 1 atom stereocenters. The van der Waals surface area contributed by atoms with Gasteiger partial charge in [0.1, 0.15) is 5.82 Å². The van der Waals surface area contributed by atoms with Crippen LogP contribution in [0.15, 0.2) is 24.4 Å². The Kier molecular flexibility index (Phi) is 5.30. The fourth-order valence-electron chi connectivity index (χ4n) is 4.56. The van der Waals surface area contributed by atoms with E-state index in [0.29, 0.717) is 38.5 Å². The molecule has 3 N–H and O–H groups in total. The molecule has 0 unspecified atom stereocenters. The Morgan fingerprint density at radius 2 is 2.00 bits per heavy atom. The highest BCUT2D eigenvalue weighted by atomic mass is 35.5. The largest absolute Gasteiger partial charge is 0.390 e. The summed E-state index contributed by atoms with van der Waals surface area (Å²) in [4.78, 5) is 11.5. The SMILES string of the molecule is N[C@@H]1CCCC12CCN(c1cnc(-c3cccc(Cl)c3Cl)c(CO)n1)CC2. The molecule has 144 valence electrons. The summed E-state index contributed by atoms with van der Waals surface area (Å²) in [5.74, 6) is 0.794. The third-order valence-electron chi connectivity index (χ3n) is 6.25. The molecular formula is C20H24Cl2N4O. The predicted octanol–water partition coefficient (Wildman–Crippen LogP) is 4.04. The number of nitrogens with zero attached hydrogens (tertiary/aromatic N) is 3. The highest BCUT2D eigenvalue weighted by Crippen LogP contribution is 2.46. The first-order chi connectivity index (χ1) is 13.0. The maximum absolute atomic E-state index is 9.85. The van der Waals surface area contributed by atoms with Crippen molar-refractivity contribution < 1.29 is 5.11 Å². The van der Waals surface area contributed by atoms with Gasteiger partial charge in [0.2, 0.25) is 0 Å². The lowest BCUT2D eigenvalue weighted by molar-refractivity contribution is 0.197. The van der Waals surface area contributed by atoms with Crippen molar-refractivity contribution in [1.82, 2.24) is 9.97 Å². The van der Waals surface area contributed by atoms with E-state index < -0.39 is 0 Å². The Bertz CT molecular complexity index is 837. The molecule has 27 heavy (non-hydrogen) atoms. The molecule has 1 saturated heterocycles. The average Bonchev–Trinajstić information content (AvgIpc) is 3.04. The maximum Gasteiger partial charge on any atom is 0.147 e. The highest BCUT2D eigenvalue weighted by Gasteiger charge is 2.43. The summed E-state index contributed by atoms with van der Waals surface area (Å²) in [6.07, 6.45) is 7.56. The molecule has 1 aromatic carbocycles. The molecule has 0 radical (unpaired) electrons. The van der Waals surface area contributed by atoms with Crippen molar-refractivity contribution >= 4 is 29.0 Å². The van der Waals surface area contributed by atoms with E-state index in [0.717, 1.165) is 38.2 Å². The minimum atomic E-state index is -0.207. The van der Waals surface area contributed by atoms with Crippen molar-refractivity contribution in [3.05, 3.63) is 40.1 Å². The fraction of sp³-hybridized carbons (Fsp3) is 0.500. The first kappa shape index (κ1) is 18.9. The molecule has 0 amide bonds. The van der Waals surface area contributed by atoms with Crippen LogP contribution in [0.2, 0.25) is 10.0 Å². The third kappa shape index (κ3) is 3.42. The quantitative estimate of drug-likeness (QED) is 0.803. The number of halogens is 2. The van der Waals surface area contributed by atoms with E-state index in [1.165, 1.54) is 12.8 Å². The third-order valence-corrected chi connectivity index (χ3v) is 7.07. The van der Waals surface area contributed by atoms with Crippen LogP contribution in [-0.4, -0.2) is 34.2 Å². The van der Waals surface area contributed by atoms with Gasteiger partial charge in [0.15, 0.2) is 0 Å². The van der Waals surface area contributed by atoms with Crippen LogP contribution < -0.4 is 10.6 Å². The molecule has 0 bridgehead atoms. The van der Waals surface area contributed by atoms with Gasteiger partial charge >= 0.3 is 0 Å². The molecule has 1 spiro atoms. The van der Waals surface area contributed by atoms with Gasteiger partial charge in [0, 0.05) is 24.7 Å². The van der Waals surface area contributed by atoms with Crippen LogP contribution in [0.5, 0.6) is 0 Å². The second-order valence-electron chi connectivity index (χ2n) is 7.63. The van der Waals surface area contributed by atoms with Crippen molar-refractivity contribution in [1.29, 1.82) is 0 Å². The van der Waals surface area contributed by atoms with Gasteiger partial charge in [-0.2, -0.15) is 0 Å². The molecule has 1 aromatic heterocycles. The molecule has 1 aliphatic heterocycles. The van der Waals surface area contributed by atoms with Gasteiger partial charge < -0.3 is 15.7 Å². The van der Waals surface area contributed by atoms with Crippen LogP contribution in [0, 0.1) is 5.41 Å². The van der Waals surface area contributed by atoms with Gasteiger partial charge in [0.25, 0.3) is 0 Å². The summed E-state index contributed by atoms with van der Waals surface area (Å²) in [6, 6.07) is 5.70. The van der Waals surface area contributed by atoms with Crippen molar-refractivity contribution in [2.45, 2.75) is 44.8 Å². The first-order valence-electron chi connectivity index (χ1n) is 9.46. The highest BCUT2D eigenvalue weighted by molar-refractivity contribution is 6.43. The summed E-state index contributed by atoms with van der Waals surface area (Å²) < 4.78 is 0. The van der Waals surface area contributed by atoms with Crippen LogP contribution in [0.1, 0.15) is 37.8 Å². The van der Waals surface area contributed by atoms with Crippen LogP contribution >= 0.6 is 23.2 Å². The van der Waals surface area contributed by atoms with Crippen molar-refractivity contribution in [3.63, 3.8) is 0 Å². The number of rotatable bonds is 3. The summed E-state index contributed by atoms with van der Waals surface area (Å²) in [5, 5.41) is 10.7. The zero-order valence-corrected chi connectivity index (χ0v) is 16.7. The Balaban J connectivity index is 1.58. The maximum atomic E-state index is 9.85. The molecule has 2 heterocycles. The molecule has 5 nitrogen and oxygen atoms in total. The van der Waals surface area contributed by atoms with E-state index in [1.807, 2.05) is 12.1 Å². The standard InChI is InChI=1S/C20H24Cl2N4O/c21-14-4-1-3-13(18(14)22)19-15(12-27)25-17(11-24-19)26-9-7-20(8-10-26)6-2-5-16(20)23/h1,3-4,11,16,27H,2,5-10,12,23H2/t16-/m1/s1. The number of aliphatic hydroxyl groups excluding tert-OH is 1. The van der Waals surface area contributed by atoms with Gasteiger partial charge in [0.05, 0.1) is 34.2 Å². The zero-order valence-electron chi connectivity index (χ0n) is 15.2. The van der Waals surface area contributed by atoms with Crippen LogP contribution in [0.25, 0.3) is 11.3 Å². The Labute approximate surface area is 169 Å². The Hall–Kier alpha value is -1.40. The van der Waals surface area contributed by atoms with Crippen molar-refractivity contribution in [3.8, 4) is 11.3 Å².